The van der Waals surface area contributed by atoms with Crippen LogP contribution in [0.4, 0.5) is 0 Å². The van der Waals surface area contributed by atoms with Crippen LogP contribution in [0.3, 0.4) is 0 Å². The molecule has 0 heterocycles. The predicted molar refractivity (Wildman–Crippen MR) is 71.0 cm³/mol. The molecule has 18 heavy (non-hydrogen) atoms. The predicted octanol–water partition coefficient (Wildman–Crippen LogP) is 3.79. The fourth-order valence-electron chi connectivity index (χ4n) is 4.58. The average molecular weight is 250 g/mol. The van der Waals surface area contributed by atoms with Crippen molar-refractivity contribution in [3.63, 3.8) is 0 Å². The minimum Gasteiger partial charge on any atom is -0.462 e. The van der Waals surface area contributed by atoms with Gasteiger partial charge in [-0.25, -0.2) is 0 Å². The number of carbonyl (C=O) groups is 1. The van der Waals surface area contributed by atoms with Crippen molar-refractivity contribution < 1.29 is 9.53 Å². The fourth-order valence-corrected chi connectivity index (χ4v) is 4.58. The topological polar surface area (TPSA) is 26.3 Å². The molecule has 5 atom stereocenters. The lowest BCUT2D eigenvalue weighted by atomic mass is 9.80. The van der Waals surface area contributed by atoms with Crippen LogP contribution < -0.4 is 0 Å². The molecule has 3 aliphatic rings. The molecule has 3 aliphatic carbocycles. The van der Waals surface area contributed by atoms with Crippen molar-refractivity contribution in [3.8, 4) is 0 Å². The third-order valence-corrected chi connectivity index (χ3v) is 6.06. The summed E-state index contributed by atoms with van der Waals surface area (Å²) in [6.07, 6.45) is 7.82. The first kappa shape index (κ1) is 12.5. The Bertz CT molecular complexity index is 347. The van der Waals surface area contributed by atoms with E-state index in [0.29, 0.717) is 5.92 Å². The second-order valence-electron chi connectivity index (χ2n) is 7.34. The summed E-state index contributed by atoms with van der Waals surface area (Å²) in [5, 5.41) is 0. The lowest BCUT2D eigenvalue weighted by molar-refractivity contribution is -0.163. The van der Waals surface area contributed by atoms with E-state index >= 15 is 0 Å². The normalized spacial score (nSPS) is 42.1. The van der Waals surface area contributed by atoms with Gasteiger partial charge in [0.25, 0.3) is 0 Å². The number of ether oxygens (including phenoxy) is 1. The number of hydrogen-bond acceptors (Lipinski definition) is 2. The molecule has 0 aromatic carbocycles. The second-order valence-corrected chi connectivity index (χ2v) is 7.34. The number of hydrogen-bond donors (Lipinski definition) is 0. The molecule has 3 rings (SSSR count). The zero-order chi connectivity index (χ0) is 12.9. The van der Waals surface area contributed by atoms with E-state index in [1.807, 2.05) is 13.8 Å². The Morgan fingerprint density at radius 1 is 1.17 bits per heavy atom. The van der Waals surface area contributed by atoms with Crippen molar-refractivity contribution in [1.29, 1.82) is 0 Å². The summed E-state index contributed by atoms with van der Waals surface area (Å²) in [6.45, 7) is 6.07. The van der Waals surface area contributed by atoms with Gasteiger partial charge in [-0.15, -0.1) is 0 Å². The number of fused-ring (bicyclic) bond motifs is 5. The van der Waals surface area contributed by atoms with Gasteiger partial charge in [0, 0.05) is 0 Å². The summed E-state index contributed by atoms with van der Waals surface area (Å²) in [5.74, 6) is 3.44. The first-order chi connectivity index (χ1) is 8.53. The van der Waals surface area contributed by atoms with E-state index in [2.05, 4.69) is 6.92 Å². The molecule has 0 aromatic heterocycles. The van der Waals surface area contributed by atoms with Crippen LogP contribution >= 0.6 is 0 Å². The van der Waals surface area contributed by atoms with Crippen molar-refractivity contribution in [1.82, 2.24) is 0 Å². The molecule has 0 aliphatic heterocycles. The highest BCUT2D eigenvalue weighted by Gasteiger charge is 2.55. The van der Waals surface area contributed by atoms with Gasteiger partial charge >= 0.3 is 5.97 Å². The van der Waals surface area contributed by atoms with Crippen molar-refractivity contribution in [2.45, 2.75) is 65.4 Å². The maximum Gasteiger partial charge on any atom is 0.311 e. The van der Waals surface area contributed by atoms with Gasteiger partial charge in [-0.1, -0.05) is 13.3 Å². The van der Waals surface area contributed by atoms with Crippen LogP contribution in [-0.4, -0.2) is 12.1 Å². The highest BCUT2D eigenvalue weighted by Crippen LogP contribution is 2.59. The lowest BCUT2D eigenvalue weighted by Crippen LogP contribution is -2.36. The number of rotatable bonds is 3. The summed E-state index contributed by atoms with van der Waals surface area (Å²) in [5.41, 5.74) is -0.309. The lowest BCUT2D eigenvalue weighted by Gasteiger charge is -2.33. The molecule has 0 spiro atoms. The maximum atomic E-state index is 12.2. The quantitative estimate of drug-likeness (QED) is 0.712. The van der Waals surface area contributed by atoms with Crippen LogP contribution in [0, 0.1) is 29.1 Å². The summed E-state index contributed by atoms with van der Waals surface area (Å²) < 4.78 is 5.87. The van der Waals surface area contributed by atoms with Crippen LogP contribution in [0.15, 0.2) is 0 Å². The average Bonchev–Trinajstić information content (AvgIpc) is 2.99. The van der Waals surface area contributed by atoms with E-state index < -0.39 is 0 Å². The van der Waals surface area contributed by atoms with Gasteiger partial charge < -0.3 is 4.74 Å². The van der Waals surface area contributed by atoms with E-state index in [9.17, 15) is 4.79 Å². The Labute approximate surface area is 110 Å². The molecule has 0 radical (unpaired) electrons. The molecule has 102 valence electrons. The largest absolute Gasteiger partial charge is 0.462 e. The van der Waals surface area contributed by atoms with E-state index in [0.717, 1.165) is 30.6 Å². The van der Waals surface area contributed by atoms with Gasteiger partial charge in [-0.3, -0.25) is 4.79 Å². The zero-order valence-corrected chi connectivity index (χ0v) is 11.9. The Balaban J connectivity index is 1.65. The highest BCUT2D eigenvalue weighted by molar-refractivity contribution is 5.76. The summed E-state index contributed by atoms with van der Waals surface area (Å²) >= 11 is 0. The van der Waals surface area contributed by atoms with E-state index in [4.69, 9.17) is 4.74 Å². The zero-order valence-electron chi connectivity index (χ0n) is 11.9. The molecular weight excluding hydrogens is 224 g/mol. The van der Waals surface area contributed by atoms with Gasteiger partial charge in [0.1, 0.15) is 6.10 Å². The van der Waals surface area contributed by atoms with Crippen molar-refractivity contribution in [2.24, 2.45) is 29.1 Å². The summed E-state index contributed by atoms with van der Waals surface area (Å²) in [7, 11) is 0. The van der Waals surface area contributed by atoms with E-state index in [1.165, 1.54) is 25.7 Å². The van der Waals surface area contributed by atoms with Crippen molar-refractivity contribution in [2.75, 3.05) is 0 Å². The van der Waals surface area contributed by atoms with Crippen molar-refractivity contribution >= 4 is 5.97 Å². The standard InChI is InChI=1S/C16H26O2/c1-4-16(2,3)15(17)18-14-9-10-8-13(14)12-7-5-6-11(10)12/h10-14H,4-9H2,1-3H3. The van der Waals surface area contributed by atoms with Gasteiger partial charge in [-0.2, -0.15) is 0 Å². The van der Waals surface area contributed by atoms with E-state index in [1.54, 1.807) is 0 Å². The third-order valence-electron chi connectivity index (χ3n) is 6.06. The van der Waals surface area contributed by atoms with Crippen LogP contribution in [-0.2, 0) is 9.53 Å². The molecule has 3 fully saturated rings. The molecule has 2 bridgehead atoms. The molecule has 5 unspecified atom stereocenters. The monoisotopic (exact) mass is 250 g/mol. The van der Waals surface area contributed by atoms with Crippen LogP contribution in [0.25, 0.3) is 0 Å². The van der Waals surface area contributed by atoms with Crippen molar-refractivity contribution in [3.05, 3.63) is 0 Å². The first-order valence-electron chi connectivity index (χ1n) is 7.74. The summed E-state index contributed by atoms with van der Waals surface area (Å²) in [6, 6.07) is 0. The smallest absolute Gasteiger partial charge is 0.311 e. The SMILES string of the molecule is CCC(C)(C)C(=O)OC1CC2CC1C1CCCC21. The molecule has 0 saturated heterocycles. The minimum absolute atomic E-state index is 0.0251. The first-order valence-corrected chi connectivity index (χ1v) is 7.74. The highest BCUT2D eigenvalue weighted by atomic mass is 16.5. The molecule has 2 nitrogen and oxygen atoms in total. The van der Waals surface area contributed by atoms with Gasteiger partial charge in [-0.05, 0) is 69.6 Å². The Morgan fingerprint density at radius 2 is 1.89 bits per heavy atom. The molecule has 2 heteroatoms. The molecule has 0 amide bonds. The Morgan fingerprint density at radius 3 is 2.61 bits per heavy atom. The summed E-state index contributed by atoms with van der Waals surface area (Å²) in [4.78, 5) is 12.2. The van der Waals surface area contributed by atoms with Crippen LogP contribution in [0.1, 0.15) is 59.3 Å². The number of carbonyl (C=O) groups excluding carboxylic acids is 1. The molecule has 0 N–H and O–H groups in total. The van der Waals surface area contributed by atoms with Gasteiger partial charge in [0.2, 0.25) is 0 Å². The third kappa shape index (κ3) is 1.80. The second kappa shape index (κ2) is 4.25. The number of esters is 1. The van der Waals surface area contributed by atoms with E-state index in [-0.39, 0.29) is 17.5 Å². The molecule has 3 saturated carbocycles. The maximum absolute atomic E-state index is 12.2. The molecular formula is C16H26O2. The van der Waals surface area contributed by atoms with Crippen LogP contribution in [0.5, 0.6) is 0 Å². The van der Waals surface area contributed by atoms with Gasteiger partial charge in [0.15, 0.2) is 0 Å². The Kier molecular flexibility index (Phi) is 2.95. The molecule has 0 aromatic rings. The van der Waals surface area contributed by atoms with Crippen LogP contribution in [0.2, 0.25) is 0 Å². The Hall–Kier alpha value is -0.530. The van der Waals surface area contributed by atoms with Gasteiger partial charge in [0.05, 0.1) is 5.41 Å². The fraction of sp³-hybridized carbons (Fsp3) is 0.938. The minimum atomic E-state index is -0.309.